The van der Waals surface area contributed by atoms with E-state index in [9.17, 15) is 0 Å². The molecule has 4 nitrogen and oxygen atoms in total. The van der Waals surface area contributed by atoms with Crippen molar-refractivity contribution in [1.82, 2.24) is 10.2 Å². The lowest BCUT2D eigenvalue weighted by molar-refractivity contribution is 0.458. The SMILES string of the molecule is CNc1nnc(C2CCCC2)o1. The van der Waals surface area contributed by atoms with Gasteiger partial charge in [-0.05, 0) is 12.8 Å². The Labute approximate surface area is 71.4 Å². The topological polar surface area (TPSA) is 51.0 Å². The van der Waals surface area contributed by atoms with Crippen molar-refractivity contribution in [3.8, 4) is 0 Å². The summed E-state index contributed by atoms with van der Waals surface area (Å²) in [5.74, 6) is 1.32. The number of hydrogen-bond acceptors (Lipinski definition) is 4. The van der Waals surface area contributed by atoms with Crippen LogP contribution in [0.1, 0.15) is 37.5 Å². The average molecular weight is 167 g/mol. The molecule has 4 heteroatoms. The number of nitrogens with zero attached hydrogens (tertiary/aromatic N) is 2. The van der Waals surface area contributed by atoms with E-state index in [-0.39, 0.29) is 0 Å². The highest BCUT2D eigenvalue weighted by Gasteiger charge is 2.22. The summed E-state index contributed by atoms with van der Waals surface area (Å²) in [5.41, 5.74) is 0. The van der Waals surface area contributed by atoms with Gasteiger partial charge in [-0.1, -0.05) is 17.9 Å². The van der Waals surface area contributed by atoms with Crippen LogP contribution >= 0.6 is 0 Å². The number of nitrogens with one attached hydrogen (secondary N) is 1. The third-order valence-electron chi connectivity index (χ3n) is 2.36. The maximum Gasteiger partial charge on any atom is 0.315 e. The summed E-state index contributed by atoms with van der Waals surface area (Å²) in [6.07, 6.45) is 4.99. The molecule has 0 saturated heterocycles. The van der Waals surface area contributed by atoms with E-state index in [4.69, 9.17) is 4.42 Å². The molecule has 0 aliphatic heterocycles. The molecular weight excluding hydrogens is 154 g/mol. The number of aromatic nitrogens is 2. The molecule has 66 valence electrons. The second kappa shape index (κ2) is 3.13. The van der Waals surface area contributed by atoms with Gasteiger partial charge in [-0.3, -0.25) is 0 Å². The molecule has 0 amide bonds. The van der Waals surface area contributed by atoms with Crippen molar-refractivity contribution in [3.63, 3.8) is 0 Å². The minimum atomic E-state index is 0.514. The van der Waals surface area contributed by atoms with Gasteiger partial charge in [0, 0.05) is 13.0 Å². The van der Waals surface area contributed by atoms with Crippen molar-refractivity contribution in [2.45, 2.75) is 31.6 Å². The fourth-order valence-corrected chi connectivity index (χ4v) is 1.67. The Morgan fingerprint density at radius 1 is 1.33 bits per heavy atom. The molecule has 0 bridgehead atoms. The minimum Gasteiger partial charge on any atom is -0.408 e. The highest BCUT2D eigenvalue weighted by atomic mass is 16.4. The van der Waals surface area contributed by atoms with Gasteiger partial charge in [-0.25, -0.2) is 0 Å². The van der Waals surface area contributed by atoms with Gasteiger partial charge in [-0.15, -0.1) is 5.10 Å². The van der Waals surface area contributed by atoms with E-state index >= 15 is 0 Å². The van der Waals surface area contributed by atoms with E-state index in [0.717, 1.165) is 5.89 Å². The Hall–Kier alpha value is -1.06. The van der Waals surface area contributed by atoms with Gasteiger partial charge in [0.1, 0.15) is 0 Å². The van der Waals surface area contributed by atoms with Gasteiger partial charge < -0.3 is 9.73 Å². The summed E-state index contributed by atoms with van der Waals surface area (Å²) in [5, 5.41) is 10.7. The predicted molar refractivity (Wildman–Crippen MR) is 45.1 cm³/mol. The molecule has 1 fully saturated rings. The molecule has 1 heterocycles. The highest BCUT2D eigenvalue weighted by molar-refractivity contribution is 5.15. The van der Waals surface area contributed by atoms with Gasteiger partial charge in [-0.2, -0.15) is 0 Å². The number of hydrogen-bond donors (Lipinski definition) is 1. The van der Waals surface area contributed by atoms with E-state index in [0.29, 0.717) is 11.9 Å². The van der Waals surface area contributed by atoms with E-state index in [1.807, 2.05) is 0 Å². The van der Waals surface area contributed by atoms with E-state index in [1.165, 1.54) is 25.7 Å². The summed E-state index contributed by atoms with van der Waals surface area (Å²) in [6.45, 7) is 0. The first-order valence-electron chi connectivity index (χ1n) is 4.41. The second-order valence-corrected chi connectivity index (χ2v) is 3.18. The minimum absolute atomic E-state index is 0.514. The lowest BCUT2D eigenvalue weighted by Gasteiger charge is -1.99. The van der Waals surface area contributed by atoms with Gasteiger partial charge in [0.05, 0.1) is 0 Å². The lowest BCUT2D eigenvalue weighted by Crippen LogP contribution is -1.91. The van der Waals surface area contributed by atoms with Gasteiger partial charge >= 0.3 is 6.01 Å². The molecule has 1 aliphatic carbocycles. The smallest absolute Gasteiger partial charge is 0.315 e. The maximum atomic E-state index is 5.38. The molecule has 1 aromatic rings. The van der Waals surface area contributed by atoms with Gasteiger partial charge in [0.25, 0.3) is 0 Å². The van der Waals surface area contributed by atoms with Gasteiger partial charge in [0.2, 0.25) is 5.89 Å². The van der Waals surface area contributed by atoms with Crippen LogP contribution in [0.3, 0.4) is 0 Å². The summed E-state index contributed by atoms with van der Waals surface area (Å²) in [4.78, 5) is 0. The first-order valence-corrected chi connectivity index (χ1v) is 4.41. The summed E-state index contributed by atoms with van der Waals surface area (Å²) in [7, 11) is 1.78. The Morgan fingerprint density at radius 3 is 2.67 bits per heavy atom. The number of anilines is 1. The molecular formula is C8H13N3O. The molecule has 1 saturated carbocycles. The van der Waals surface area contributed by atoms with Crippen molar-refractivity contribution in [2.24, 2.45) is 0 Å². The normalized spacial score (nSPS) is 18.4. The standard InChI is InChI=1S/C8H13N3O/c1-9-8-11-10-7(12-8)6-4-2-3-5-6/h6H,2-5H2,1H3,(H,9,11). The first-order chi connectivity index (χ1) is 5.90. The summed E-state index contributed by atoms with van der Waals surface area (Å²) >= 11 is 0. The molecule has 1 N–H and O–H groups in total. The van der Waals surface area contributed by atoms with Crippen LogP contribution < -0.4 is 5.32 Å². The van der Waals surface area contributed by atoms with Crippen molar-refractivity contribution in [2.75, 3.05) is 12.4 Å². The van der Waals surface area contributed by atoms with Crippen LogP contribution in [0.25, 0.3) is 0 Å². The van der Waals surface area contributed by atoms with E-state index in [1.54, 1.807) is 7.05 Å². The van der Waals surface area contributed by atoms with Crippen molar-refractivity contribution >= 4 is 6.01 Å². The first kappa shape index (κ1) is 7.58. The van der Waals surface area contributed by atoms with Crippen LogP contribution in [-0.2, 0) is 0 Å². The van der Waals surface area contributed by atoms with Crippen molar-refractivity contribution in [3.05, 3.63) is 5.89 Å². The van der Waals surface area contributed by atoms with Crippen LogP contribution in [0.2, 0.25) is 0 Å². The summed E-state index contributed by atoms with van der Waals surface area (Å²) in [6, 6.07) is 0.525. The Kier molecular flexibility index (Phi) is 1.98. The molecule has 0 unspecified atom stereocenters. The molecule has 0 spiro atoms. The lowest BCUT2D eigenvalue weighted by atomic mass is 10.1. The zero-order valence-electron chi connectivity index (χ0n) is 7.21. The fraction of sp³-hybridized carbons (Fsp3) is 0.750. The van der Waals surface area contributed by atoms with Crippen LogP contribution in [-0.4, -0.2) is 17.2 Å². The molecule has 0 aromatic carbocycles. The Bertz CT molecular complexity index is 253. The monoisotopic (exact) mass is 167 g/mol. The van der Waals surface area contributed by atoms with Crippen molar-refractivity contribution in [1.29, 1.82) is 0 Å². The third-order valence-corrected chi connectivity index (χ3v) is 2.36. The van der Waals surface area contributed by atoms with Crippen LogP contribution in [0.15, 0.2) is 4.42 Å². The predicted octanol–water partition coefficient (Wildman–Crippen LogP) is 1.77. The average Bonchev–Trinajstić information content (AvgIpc) is 2.75. The van der Waals surface area contributed by atoms with Crippen LogP contribution in [0, 0.1) is 0 Å². The third kappa shape index (κ3) is 1.29. The fourth-order valence-electron chi connectivity index (χ4n) is 1.67. The molecule has 0 atom stereocenters. The van der Waals surface area contributed by atoms with E-state index in [2.05, 4.69) is 15.5 Å². The van der Waals surface area contributed by atoms with Crippen LogP contribution in [0.4, 0.5) is 6.01 Å². The quantitative estimate of drug-likeness (QED) is 0.729. The molecule has 1 aromatic heterocycles. The second-order valence-electron chi connectivity index (χ2n) is 3.18. The highest BCUT2D eigenvalue weighted by Crippen LogP contribution is 2.33. The Morgan fingerprint density at radius 2 is 2.08 bits per heavy atom. The molecule has 0 radical (unpaired) electrons. The van der Waals surface area contributed by atoms with Crippen LogP contribution in [0.5, 0.6) is 0 Å². The van der Waals surface area contributed by atoms with Gasteiger partial charge in [0.15, 0.2) is 0 Å². The molecule has 1 aliphatic rings. The zero-order valence-corrected chi connectivity index (χ0v) is 7.21. The van der Waals surface area contributed by atoms with E-state index < -0.39 is 0 Å². The Balaban J connectivity index is 2.11. The maximum absolute atomic E-state index is 5.38. The molecule has 12 heavy (non-hydrogen) atoms. The number of rotatable bonds is 2. The largest absolute Gasteiger partial charge is 0.408 e. The zero-order chi connectivity index (χ0) is 8.39. The summed E-state index contributed by atoms with van der Waals surface area (Å²) < 4.78 is 5.38. The molecule has 2 rings (SSSR count). The van der Waals surface area contributed by atoms with Crippen molar-refractivity contribution < 1.29 is 4.42 Å².